The number of aryl methyl sites for hydroxylation is 2. The van der Waals surface area contributed by atoms with Crippen LogP contribution in [-0.2, 0) is 12.8 Å². The molecule has 2 aliphatic carbocycles. The summed E-state index contributed by atoms with van der Waals surface area (Å²) in [6.07, 6.45) is 7.18. The van der Waals surface area contributed by atoms with Gasteiger partial charge in [0.15, 0.2) is 11.6 Å². The third kappa shape index (κ3) is 3.80. The number of fused-ring (bicyclic) bond motifs is 1. The first-order valence-corrected chi connectivity index (χ1v) is 9.92. The number of nitrogens with zero attached hydrogens (tertiary/aromatic N) is 1. The number of amides is 1. The van der Waals surface area contributed by atoms with Crippen molar-refractivity contribution >= 4 is 23.2 Å². The number of anilines is 3. The molecule has 28 heavy (non-hydrogen) atoms. The van der Waals surface area contributed by atoms with Crippen LogP contribution < -0.4 is 22.1 Å². The average Bonchev–Trinajstić information content (AvgIpc) is 3.13. The lowest BCUT2D eigenvalue weighted by atomic mass is 9.91. The molecular weight excluding hydrogens is 357 g/mol. The van der Waals surface area contributed by atoms with Gasteiger partial charge in [-0.05, 0) is 61.4 Å². The van der Waals surface area contributed by atoms with Crippen molar-refractivity contribution in [3.05, 3.63) is 46.8 Å². The third-order valence-electron chi connectivity index (χ3n) is 5.74. The summed E-state index contributed by atoms with van der Waals surface area (Å²) < 4.78 is 14.6. The molecule has 0 radical (unpaired) electrons. The normalized spacial score (nSPS) is 21.2. The Kier molecular flexibility index (Phi) is 5.17. The van der Waals surface area contributed by atoms with Crippen LogP contribution in [0.3, 0.4) is 0 Å². The summed E-state index contributed by atoms with van der Waals surface area (Å²) in [6, 6.07) is 7.15. The van der Waals surface area contributed by atoms with Gasteiger partial charge in [-0.1, -0.05) is 18.9 Å². The monoisotopic (exact) mass is 383 g/mol. The first-order valence-electron chi connectivity index (χ1n) is 9.92. The van der Waals surface area contributed by atoms with Gasteiger partial charge in [-0.15, -0.1) is 0 Å². The van der Waals surface area contributed by atoms with E-state index in [9.17, 15) is 9.18 Å². The van der Waals surface area contributed by atoms with Gasteiger partial charge in [-0.3, -0.25) is 4.79 Å². The minimum Gasteiger partial charge on any atom is -0.365 e. The van der Waals surface area contributed by atoms with Crippen molar-refractivity contribution in [2.45, 2.75) is 57.0 Å². The molecule has 2 aliphatic rings. The largest absolute Gasteiger partial charge is 0.365 e. The van der Waals surface area contributed by atoms with Crippen LogP contribution in [0.15, 0.2) is 24.3 Å². The highest BCUT2D eigenvalue weighted by atomic mass is 19.1. The molecule has 1 fully saturated rings. The highest BCUT2D eigenvalue weighted by molar-refractivity contribution is 5.98. The first-order chi connectivity index (χ1) is 13.5. The molecule has 0 aliphatic heterocycles. The molecule has 0 unspecified atom stereocenters. The Labute approximate surface area is 163 Å². The summed E-state index contributed by atoms with van der Waals surface area (Å²) in [5.41, 5.74) is 15.1. The minimum absolute atomic E-state index is 0.0245. The molecule has 1 heterocycles. The van der Waals surface area contributed by atoms with E-state index in [1.807, 2.05) is 6.07 Å². The molecule has 148 valence electrons. The van der Waals surface area contributed by atoms with Crippen LogP contribution in [0.1, 0.15) is 53.6 Å². The predicted molar refractivity (Wildman–Crippen MR) is 108 cm³/mol. The number of rotatable bonds is 5. The molecule has 1 amide bonds. The molecule has 0 spiro atoms. The van der Waals surface area contributed by atoms with Crippen molar-refractivity contribution in [3.63, 3.8) is 0 Å². The summed E-state index contributed by atoms with van der Waals surface area (Å²) in [7, 11) is 0. The van der Waals surface area contributed by atoms with Gasteiger partial charge < -0.3 is 22.1 Å². The number of pyridine rings is 1. The van der Waals surface area contributed by atoms with E-state index < -0.39 is 11.7 Å². The van der Waals surface area contributed by atoms with Crippen molar-refractivity contribution in [1.82, 2.24) is 4.98 Å². The molecule has 6 nitrogen and oxygen atoms in total. The van der Waals surface area contributed by atoms with Crippen LogP contribution in [0.5, 0.6) is 0 Å². The van der Waals surface area contributed by atoms with Gasteiger partial charge in [-0.25, -0.2) is 9.37 Å². The number of halogens is 1. The molecule has 0 bridgehead atoms. The van der Waals surface area contributed by atoms with Crippen LogP contribution in [-0.4, -0.2) is 23.0 Å². The van der Waals surface area contributed by atoms with Gasteiger partial charge in [-0.2, -0.15) is 0 Å². The fourth-order valence-corrected chi connectivity index (χ4v) is 4.17. The number of nitrogens with one attached hydrogen (secondary N) is 2. The Bertz CT molecular complexity index is 901. The highest BCUT2D eigenvalue weighted by Gasteiger charge is 2.24. The van der Waals surface area contributed by atoms with Gasteiger partial charge in [0.25, 0.3) is 5.91 Å². The minimum atomic E-state index is -0.726. The number of nitrogens with two attached hydrogens (primary N) is 2. The summed E-state index contributed by atoms with van der Waals surface area (Å²) in [5, 5.41) is 6.28. The second-order valence-corrected chi connectivity index (χ2v) is 7.74. The van der Waals surface area contributed by atoms with Crippen LogP contribution in [0, 0.1) is 5.82 Å². The van der Waals surface area contributed by atoms with Crippen LogP contribution in [0.25, 0.3) is 0 Å². The molecule has 2 aromatic rings. The number of hydrogen-bond donors (Lipinski definition) is 4. The second-order valence-electron chi connectivity index (χ2n) is 7.74. The number of carbonyl (C=O) groups is 1. The summed E-state index contributed by atoms with van der Waals surface area (Å²) in [6.45, 7) is 0. The molecule has 6 N–H and O–H groups in total. The van der Waals surface area contributed by atoms with E-state index in [1.54, 1.807) is 0 Å². The van der Waals surface area contributed by atoms with Gasteiger partial charge in [0.1, 0.15) is 5.82 Å². The standard InChI is InChI=1S/C21H26FN5O/c22-16-11-15(19(24)28)20(25-14-9-8-12-4-3-5-13(12)10-14)27-21(16)26-18-7-2-1-6-17(18)23/h8-11,17-18H,1-7,23H2,(H2,24,28)(H2,25,26,27)/t17-,18+/m0/s1. The zero-order valence-electron chi connectivity index (χ0n) is 15.8. The van der Waals surface area contributed by atoms with Gasteiger partial charge >= 0.3 is 0 Å². The number of primary amides is 1. The van der Waals surface area contributed by atoms with E-state index in [1.165, 1.54) is 11.1 Å². The molecule has 4 rings (SSSR count). The van der Waals surface area contributed by atoms with Crippen molar-refractivity contribution < 1.29 is 9.18 Å². The fourth-order valence-electron chi connectivity index (χ4n) is 4.17. The van der Waals surface area contributed by atoms with E-state index in [0.29, 0.717) is 0 Å². The Morgan fingerprint density at radius 2 is 1.86 bits per heavy atom. The topological polar surface area (TPSA) is 106 Å². The quantitative estimate of drug-likeness (QED) is 0.634. The van der Waals surface area contributed by atoms with Crippen molar-refractivity contribution in [2.75, 3.05) is 10.6 Å². The number of carbonyl (C=O) groups excluding carboxylic acids is 1. The molecule has 2 atom stereocenters. The van der Waals surface area contributed by atoms with Gasteiger partial charge in [0.05, 0.1) is 5.56 Å². The van der Waals surface area contributed by atoms with Crippen molar-refractivity contribution in [1.29, 1.82) is 0 Å². The second kappa shape index (κ2) is 7.75. The first kappa shape index (κ1) is 18.7. The SMILES string of the molecule is NC(=O)c1cc(F)c(N[C@@H]2CCCC[C@@H]2N)nc1Nc1ccc2c(c1)CCC2. The van der Waals surface area contributed by atoms with Gasteiger partial charge in [0.2, 0.25) is 0 Å². The van der Waals surface area contributed by atoms with Crippen LogP contribution in [0.2, 0.25) is 0 Å². The number of benzene rings is 1. The van der Waals surface area contributed by atoms with E-state index in [2.05, 4.69) is 27.8 Å². The van der Waals surface area contributed by atoms with E-state index in [-0.39, 0.29) is 29.3 Å². The molecular formula is C21H26FN5O. The zero-order chi connectivity index (χ0) is 19.7. The third-order valence-corrected chi connectivity index (χ3v) is 5.74. The Morgan fingerprint density at radius 3 is 2.64 bits per heavy atom. The summed E-state index contributed by atoms with van der Waals surface area (Å²) in [5.74, 6) is -0.989. The smallest absolute Gasteiger partial charge is 0.252 e. The zero-order valence-corrected chi connectivity index (χ0v) is 15.8. The molecule has 1 aromatic carbocycles. The molecule has 0 saturated heterocycles. The lowest BCUT2D eigenvalue weighted by Crippen LogP contribution is -2.43. The maximum Gasteiger partial charge on any atom is 0.252 e. The predicted octanol–water partition coefficient (Wildman–Crippen LogP) is 3.23. The highest BCUT2D eigenvalue weighted by Crippen LogP contribution is 2.29. The maximum absolute atomic E-state index is 14.6. The Morgan fingerprint density at radius 1 is 1.07 bits per heavy atom. The Balaban J connectivity index is 1.63. The number of hydrogen-bond acceptors (Lipinski definition) is 5. The lowest BCUT2D eigenvalue weighted by Gasteiger charge is -2.30. The van der Waals surface area contributed by atoms with Crippen LogP contribution in [0.4, 0.5) is 21.7 Å². The van der Waals surface area contributed by atoms with Crippen LogP contribution >= 0.6 is 0 Å². The molecule has 1 aromatic heterocycles. The number of aromatic nitrogens is 1. The van der Waals surface area contributed by atoms with E-state index >= 15 is 0 Å². The fraction of sp³-hybridized carbons (Fsp3) is 0.429. The maximum atomic E-state index is 14.6. The summed E-state index contributed by atoms with van der Waals surface area (Å²) >= 11 is 0. The lowest BCUT2D eigenvalue weighted by molar-refractivity contribution is 0.100. The van der Waals surface area contributed by atoms with Crippen molar-refractivity contribution in [3.8, 4) is 0 Å². The Hall–Kier alpha value is -2.67. The molecule has 7 heteroatoms. The average molecular weight is 383 g/mol. The summed E-state index contributed by atoms with van der Waals surface area (Å²) in [4.78, 5) is 16.2. The van der Waals surface area contributed by atoms with Gasteiger partial charge in [0, 0.05) is 17.8 Å². The van der Waals surface area contributed by atoms with E-state index in [0.717, 1.165) is 56.7 Å². The van der Waals surface area contributed by atoms with Crippen molar-refractivity contribution in [2.24, 2.45) is 11.5 Å². The molecule has 1 saturated carbocycles. The van der Waals surface area contributed by atoms with E-state index in [4.69, 9.17) is 11.5 Å².